The number of carbonyl (C=O) groups excluding carboxylic acids is 1. The number of ether oxygens (including phenoxy) is 1. The summed E-state index contributed by atoms with van der Waals surface area (Å²) in [4.78, 5) is 18.5. The maximum absolute atomic E-state index is 13.0. The average molecular weight is 497 g/mol. The van der Waals surface area contributed by atoms with Gasteiger partial charge >= 0.3 is 0 Å². The first-order chi connectivity index (χ1) is 17.7. The fourth-order valence-electron chi connectivity index (χ4n) is 5.87. The van der Waals surface area contributed by atoms with Crippen molar-refractivity contribution in [3.05, 3.63) is 30.0 Å². The second-order valence-electron chi connectivity index (χ2n) is 11.0. The molecule has 1 fully saturated rings. The van der Waals surface area contributed by atoms with E-state index in [0.29, 0.717) is 11.9 Å². The topological polar surface area (TPSA) is 45.3 Å². The summed E-state index contributed by atoms with van der Waals surface area (Å²) < 4.78 is 5.42. The lowest BCUT2D eigenvalue weighted by atomic mass is 10.0. The largest absolute Gasteiger partial charge is 0.497 e. The highest BCUT2D eigenvalue weighted by atomic mass is 16.5. The second kappa shape index (κ2) is 16.7. The number of likely N-dealkylation sites (tertiary alicyclic amines) is 1. The number of carbonyl (C=O) groups is 1. The second-order valence-corrected chi connectivity index (χ2v) is 11.0. The number of unbranched alkanes of at least 4 members (excludes halogenated alkanes) is 14. The molecule has 36 heavy (non-hydrogen) atoms. The van der Waals surface area contributed by atoms with Gasteiger partial charge in [0.1, 0.15) is 5.75 Å². The lowest BCUT2D eigenvalue weighted by molar-refractivity contribution is -0.132. The standard InChI is InChI=1S/C32H52N2O2/c1-3-4-5-6-7-8-9-10-11-12-13-14-15-16-17-20-32(35)34-23-18-19-28(34)24-27-26-33-31-22-21-29(36-2)25-30(27)31/h21-22,25-26,28,33H,3-20,23-24H2,1-2H3/t28-/m1/s1. The van der Waals surface area contributed by atoms with Crippen LogP contribution in [0, 0.1) is 0 Å². The van der Waals surface area contributed by atoms with E-state index < -0.39 is 0 Å². The summed E-state index contributed by atoms with van der Waals surface area (Å²) in [6, 6.07) is 6.51. The van der Waals surface area contributed by atoms with E-state index in [0.717, 1.165) is 49.9 Å². The van der Waals surface area contributed by atoms with Crippen LogP contribution in [0.4, 0.5) is 0 Å². The highest BCUT2D eigenvalue weighted by Gasteiger charge is 2.29. The van der Waals surface area contributed by atoms with Crippen LogP contribution in [0.15, 0.2) is 24.4 Å². The number of aromatic nitrogens is 1. The first-order valence-electron chi connectivity index (χ1n) is 15.2. The fourth-order valence-corrected chi connectivity index (χ4v) is 5.87. The summed E-state index contributed by atoms with van der Waals surface area (Å²) in [5, 5.41) is 1.22. The first-order valence-corrected chi connectivity index (χ1v) is 15.2. The van der Waals surface area contributed by atoms with Gasteiger partial charge in [0.15, 0.2) is 0 Å². The van der Waals surface area contributed by atoms with Crippen molar-refractivity contribution in [3.8, 4) is 5.75 Å². The van der Waals surface area contributed by atoms with Crippen LogP contribution in [0.2, 0.25) is 0 Å². The Bertz CT molecular complexity index is 874. The van der Waals surface area contributed by atoms with Gasteiger partial charge in [-0.3, -0.25) is 4.79 Å². The van der Waals surface area contributed by atoms with Gasteiger partial charge in [0, 0.05) is 36.1 Å². The molecule has 3 rings (SSSR count). The van der Waals surface area contributed by atoms with Gasteiger partial charge in [0.25, 0.3) is 0 Å². The Kier molecular flexibility index (Phi) is 13.3. The predicted molar refractivity (Wildman–Crippen MR) is 153 cm³/mol. The van der Waals surface area contributed by atoms with Crippen molar-refractivity contribution in [1.29, 1.82) is 0 Å². The summed E-state index contributed by atoms with van der Waals surface area (Å²) in [6.07, 6.45) is 26.4. The van der Waals surface area contributed by atoms with Crippen LogP contribution in [0.25, 0.3) is 10.9 Å². The molecule has 1 aliphatic heterocycles. The normalized spacial score (nSPS) is 15.7. The summed E-state index contributed by atoms with van der Waals surface area (Å²) in [6.45, 7) is 3.21. The van der Waals surface area contributed by atoms with Crippen LogP contribution in [-0.2, 0) is 11.2 Å². The Balaban J connectivity index is 1.23. The van der Waals surface area contributed by atoms with Crippen molar-refractivity contribution in [3.63, 3.8) is 0 Å². The summed E-state index contributed by atoms with van der Waals surface area (Å²) in [5.74, 6) is 1.25. The fraction of sp³-hybridized carbons (Fsp3) is 0.719. The van der Waals surface area contributed by atoms with Crippen LogP contribution < -0.4 is 4.74 Å². The number of rotatable bonds is 19. The average Bonchev–Trinajstić information content (AvgIpc) is 3.53. The lowest BCUT2D eigenvalue weighted by Gasteiger charge is -2.25. The number of aromatic amines is 1. The van der Waals surface area contributed by atoms with Crippen LogP contribution in [0.5, 0.6) is 5.75 Å². The SMILES string of the molecule is CCCCCCCCCCCCCCCCCC(=O)N1CCC[C@@H]1Cc1c[nH]c2ccc(OC)cc12. The van der Waals surface area contributed by atoms with Crippen molar-refractivity contribution in [2.75, 3.05) is 13.7 Å². The number of amides is 1. The van der Waals surface area contributed by atoms with Crippen molar-refractivity contribution in [1.82, 2.24) is 9.88 Å². The number of methoxy groups -OCH3 is 1. The summed E-state index contributed by atoms with van der Waals surface area (Å²) >= 11 is 0. The maximum atomic E-state index is 13.0. The van der Waals surface area contributed by atoms with Crippen molar-refractivity contribution >= 4 is 16.8 Å². The Labute approximate surface area is 220 Å². The molecule has 4 nitrogen and oxygen atoms in total. The molecule has 1 saturated heterocycles. The van der Waals surface area contributed by atoms with E-state index in [9.17, 15) is 4.79 Å². The van der Waals surface area contributed by atoms with Crippen LogP contribution >= 0.6 is 0 Å². The molecule has 0 saturated carbocycles. The molecule has 4 heteroatoms. The number of hydrogen-bond donors (Lipinski definition) is 1. The lowest BCUT2D eigenvalue weighted by Crippen LogP contribution is -2.36. The summed E-state index contributed by atoms with van der Waals surface area (Å²) in [5.41, 5.74) is 2.43. The van der Waals surface area contributed by atoms with Crippen LogP contribution in [-0.4, -0.2) is 35.5 Å². The molecular weight excluding hydrogens is 444 g/mol. The predicted octanol–water partition coefficient (Wildman–Crippen LogP) is 8.97. The minimum absolute atomic E-state index is 0.332. The molecule has 1 N–H and O–H groups in total. The Morgan fingerprint density at radius 3 is 2.14 bits per heavy atom. The third kappa shape index (κ3) is 9.48. The number of nitrogens with one attached hydrogen (secondary N) is 1. The molecule has 1 aliphatic rings. The molecule has 2 heterocycles. The summed E-state index contributed by atoms with van der Waals surface area (Å²) in [7, 11) is 1.71. The van der Waals surface area contributed by atoms with Gasteiger partial charge in [-0.25, -0.2) is 0 Å². The maximum Gasteiger partial charge on any atom is 0.222 e. The van der Waals surface area contributed by atoms with E-state index >= 15 is 0 Å². The highest BCUT2D eigenvalue weighted by molar-refractivity contribution is 5.85. The molecule has 0 bridgehead atoms. The molecule has 1 atom stereocenters. The molecule has 1 amide bonds. The molecule has 0 radical (unpaired) electrons. The van der Waals surface area contributed by atoms with E-state index in [-0.39, 0.29) is 0 Å². The zero-order valence-electron chi connectivity index (χ0n) is 23.3. The van der Waals surface area contributed by atoms with E-state index in [2.05, 4.69) is 35.1 Å². The Morgan fingerprint density at radius 2 is 1.53 bits per heavy atom. The zero-order valence-corrected chi connectivity index (χ0v) is 23.3. The number of benzene rings is 1. The number of H-pyrrole nitrogens is 1. The third-order valence-corrected chi connectivity index (χ3v) is 8.12. The van der Waals surface area contributed by atoms with Crippen LogP contribution in [0.3, 0.4) is 0 Å². The molecule has 202 valence electrons. The van der Waals surface area contributed by atoms with Gasteiger partial charge in [-0.05, 0) is 49.4 Å². The smallest absolute Gasteiger partial charge is 0.222 e. The van der Waals surface area contributed by atoms with Crippen molar-refractivity contribution < 1.29 is 9.53 Å². The first kappa shape index (κ1) is 28.6. The van der Waals surface area contributed by atoms with E-state index in [1.165, 1.54) is 101 Å². The zero-order chi connectivity index (χ0) is 25.4. The van der Waals surface area contributed by atoms with Crippen molar-refractivity contribution in [2.24, 2.45) is 0 Å². The van der Waals surface area contributed by atoms with E-state index in [1.54, 1.807) is 7.11 Å². The van der Waals surface area contributed by atoms with E-state index in [1.807, 2.05) is 6.07 Å². The minimum atomic E-state index is 0.332. The number of nitrogens with zero attached hydrogens (tertiary/aromatic N) is 1. The Morgan fingerprint density at radius 1 is 0.917 bits per heavy atom. The minimum Gasteiger partial charge on any atom is -0.497 e. The molecule has 2 aromatic rings. The van der Waals surface area contributed by atoms with Gasteiger partial charge in [-0.2, -0.15) is 0 Å². The van der Waals surface area contributed by atoms with Gasteiger partial charge in [-0.15, -0.1) is 0 Å². The highest BCUT2D eigenvalue weighted by Crippen LogP contribution is 2.28. The molecule has 1 aromatic heterocycles. The molecular formula is C32H52N2O2. The molecule has 0 spiro atoms. The number of fused-ring (bicyclic) bond motifs is 1. The third-order valence-electron chi connectivity index (χ3n) is 8.12. The quantitative estimate of drug-likeness (QED) is 0.197. The molecule has 0 unspecified atom stereocenters. The Hall–Kier alpha value is -1.97. The van der Waals surface area contributed by atoms with Crippen LogP contribution in [0.1, 0.15) is 128 Å². The van der Waals surface area contributed by atoms with Gasteiger partial charge in [0.05, 0.1) is 7.11 Å². The monoisotopic (exact) mass is 496 g/mol. The molecule has 1 aromatic carbocycles. The van der Waals surface area contributed by atoms with Crippen molar-refractivity contribution in [2.45, 2.75) is 135 Å². The van der Waals surface area contributed by atoms with E-state index in [4.69, 9.17) is 4.74 Å². The molecule has 0 aliphatic carbocycles. The van der Waals surface area contributed by atoms with Gasteiger partial charge in [-0.1, -0.05) is 96.8 Å². The van der Waals surface area contributed by atoms with Gasteiger partial charge < -0.3 is 14.6 Å². The number of hydrogen-bond acceptors (Lipinski definition) is 2. The van der Waals surface area contributed by atoms with Gasteiger partial charge in [0.2, 0.25) is 5.91 Å².